The van der Waals surface area contributed by atoms with Gasteiger partial charge in [-0.2, -0.15) is 0 Å². The van der Waals surface area contributed by atoms with E-state index in [1.807, 2.05) is 12.1 Å². The van der Waals surface area contributed by atoms with Crippen molar-refractivity contribution in [2.24, 2.45) is 11.8 Å². The van der Waals surface area contributed by atoms with Crippen LogP contribution >= 0.6 is 0 Å². The summed E-state index contributed by atoms with van der Waals surface area (Å²) >= 11 is 0. The van der Waals surface area contributed by atoms with Crippen LogP contribution in [0.25, 0.3) is 10.9 Å². The van der Waals surface area contributed by atoms with E-state index < -0.39 is 0 Å². The summed E-state index contributed by atoms with van der Waals surface area (Å²) in [5.74, 6) is 1.70. The van der Waals surface area contributed by atoms with E-state index in [1.165, 1.54) is 80.3 Å². The molecule has 0 unspecified atom stereocenters. The lowest BCUT2D eigenvalue weighted by Gasteiger charge is -2.54. The smallest absolute Gasteiger partial charge is 0.298 e. The number of benzene rings is 1. The number of hydrogen-bond acceptors (Lipinski definition) is 4. The third kappa shape index (κ3) is 4.22. The minimum atomic E-state index is -0.316. The van der Waals surface area contributed by atoms with E-state index in [2.05, 4.69) is 4.90 Å². The molecule has 1 aromatic heterocycles. The first kappa shape index (κ1) is 23.2. The molecule has 1 aromatic carbocycles. The van der Waals surface area contributed by atoms with Crippen LogP contribution < -0.4 is 11.2 Å². The molecule has 2 saturated carbocycles. The zero-order valence-electron chi connectivity index (χ0n) is 21.0. The highest BCUT2D eigenvalue weighted by Gasteiger charge is 2.45. The Hall–Kier alpha value is -2.21. The third-order valence-corrected chi connectivity index (χ3v) is 9.61. The number of nitrogens with zero attached hydrogens (tertiary/aromatic N) is 3. The lowest BCUT2D eigenvalue weighted by atomic mass is 9.73. The van der Waals surface area contributed by atoms with Gasteiger partial charge in [-0.05, 0) is 75.8 Å². The van der Waals surface area contributed by atoms with Gasteiger partial charge in [-0.25, -0.2) is 4.79 Å². The second kappa shape index (κ2) is 9.34. The predicted molar refractivity (Wildman–Crippen MR) is 138 cm³/mol. The molecule has 6 atom stereocenters. The Morgan fingerprint density at radius 3 is 2.11 bits per heavy atom. The highest BCUT2D eigenvalue weighted by molar-refractivity contribution is 5.81. The van der Waals surface area contributed by atoms with Gasteiger partial charge in [-0.1, -0.05) is 44.2 Å². The lowest BCUT2D eigenvalue weighted by molar-refractivity contribution is -0.117. The summed E-state index contributed by atoms with van der Waals surface area (Å²) in [5.41, 5.74) is 0.0612. The molecule has 2 aromatic rings. The third-order valence-electron chi connectivity index (χ3n) is 9.61. The van der Waals surface area contributed by atoms with E-state index in [4.69, 9.17) is 0 Å². The molecule has 6 nitrogen and oxygen atoms in total. The molecule has 35 heavy (non-hydrogen) atoms. The Morgan fingerprint density at radius 2 is 1.46 bits per heavy atom. The number of Topliss-reactive ketones (excluding diaryl/α,β-unsaturated/α-hetero) is 1. The molecule has 0 amide bonds. The molecule has 2 aliphatic heterocycles. The molecule has 0 N–H and O–H groups in total. The van der Waals surface area contributed by atoms with Crippen molar-refractivity contribution in [3.05, 3.63) is 45.1 Å². The number of ketones is 1. The summed E-state index contributed by atoms with van der Waals surface area (Å²) in [6.45, 7) is 1.51. The van der Waals surface area contributed by atoms with Crippen LogP contribution in [-0.2, 0) is 11.3 Å². The van der Waals surface area contributed by atoms with Crippen molar-refractivity contribution >= 4 is 16.7 Å². The van der Waals surface area contributed by atoms with Gasteiger partial charge in [0.25, 0.3) is 5.56 Å². The Morgan fingerprint density at radius 1 is 0.800 bits per heavy atom. The van der Waals surface area contributed by atoms with Gasteiger partial charge in [0.05, 0.1) is 17.4 Å². The van der Waals surface area contributed by atoms with Crippen LogP contribution in [-0.4, -0.2) is 37.9 Å². The molecular weight excluding hydrogens is 438 g/mol. The standard InChI is InChI=1S/C29H39N3O3/c1-19(33)18-30-27-12-5-4-11-26(27)28(34)32(29(30)35)25-16-22-9-6-10-23(17-25)31(22)24-14-20-7-2-3-8-21(13-20)15-24/h4-5,11-12,20-25H,2-3,6-10,13-18H2,1H3/t20-,21+,22-,23+,24-,25+. The minimum Gasteiger partial charge on any atom is -0.298 e. The number of piperidine rings is 2. The summed E-state index contributed by atoms with van der Waals surface area (Å²) in [4.78, 5) is 42.2. The molecule has 4 aliphatic rings. The molecule has 188 valence electrons. The zero-order valence-corrected chi connectivity index (χ0v) is 21.0. The maximum Gasteiger partial charge on any atom is 0.332 e. The van der Waals surface area contributed by atoms with Crippen LogP contribution in [0.1, 0.15) is 90.0 Å². The Bertz CT molecular complexity index is 1200. The van der Waals surface area contributed by atoms with Gasteiger partial charge in [-0.15, -0.1) is 0 Å². The molecular formula is C29H39N3O3. The van der Waals surface area contributed by atoms with E-state index in [0.29, 0.717) is 29.0 Å². The van der Waals surface area contributed by atoms with E-state index >= 15 is 0 Å². The van der Waals surface area contributed by atoms with E-state index in [0.717, 1.165) is 24.7 Å². The van der Waals surface area contributed by atoms with Crippen LogP contribution in [0.4, 0.5) is 0 Å². The average molecular weight is 478 g/mol. The van der Waals surface area contributed by atoms with Crippen LogP contribution in [0.5, 0.6) is 0 Å². The Balaban J connectivity index is 1.34. The maximum atomic E-state index is 13.7. The number of carbonyl (C=O) groups is 1. The lowest BCUT2D eigenvalue weighted by Crippen LogP contribution is -2.59. The second-order valence-corrected chi connectivity index (χ2v) is 12.0. The zero-order chi connectivity index (χ0) is 24.1. The molecule has 0 spiro atoms. The summed E-state index contributed by atoms with van der Waals surface area (Å²) < 4.78 is 3.04. The van der Waals surface area contributed by atoms with Crippen LogP contribution in [0.2, 0.25) is 0 Å². The van der Waals surface area contributed by atoms with Crippen molar-refractivity contribution in [3.63, 3.8) is 0 Å². The molecule has 4 bridgehead atoms. The quantitative estimate of drug-likeness (QED) is 0.642. The molecule has 6 rings (SSSR count). The fraction of sp³-hybridized carbons (Fsp3) is 0.690. The van der Waals surface area contributed by atoms with Gasteiger partial charge in [0.15, 0.2) is 0 Å². The van der Waals surface area contributed by atoms with Crippen LogP contribution in [0.15, 0.2) is 33.9 Å². The molecule has 0 radical (unpaired) electrons. The normalized spacial score (nSPS) is 33.4. The number of fused-ring (bicyclic) bond motifs is 5. The number of para-hydroxylation sites is 1. The second-order valence-electron chi connectivity index (χ2n) is 12.0. The van der Waals surface area contributed by atoms with E-state index in [-0.39, 0.29) is 29.6 Å². The number of aromatic nitrogens is 2. The van der Waals surface area contributed by atoms with Crippen molar-refractivity contribution < 1.29 is 4.79 Å². The number of carbonyl (C=O) groups excluding carboxylic acids is 1. The molecule has 2 saturated heterocycles. The largest absolute Gasteiger partial charge is 0.332 e. The maximum absolute atomic E-state index is 13.7. The van der Waals surface area contributed by atoms with Crippen molar-refractivity contribution in [2.75, 3.05) is 0 Å². The summed E-state index contributed by atoms with van der Waals surface area (Å²) in [5, 5.41) is 0.539. The minimum absolute atomic E-state index is 0.0101. The Kier molecular flexibility index (Phi) is 6.20. The first-order chi connectivity index (χ1) is 17.0. The fourth-order valence-corrected chi connectivity index (χ4v) is 8.34. The average Bonchev–Trinajstić information content (AvgIpc) is 3.00. The summed E-state index contributed by atoms with van der Waals surface area (Å²) in [6.07, 6.45) is 15.1. The van der Waals surface area contributed by atoms with Gasteiger partial charge in [0, 0.05) is 24.2 Å². The van der Waals surface area contributed by atoms with E-state index in [9.17, 15) is 14.4 Å². The molecule has 6 heteroatoms. The van der Waals surface area contributed by atoms with Gasteiger partial charge < -0.3 is 0 Å². The first-order valence-electron chi connectivity index (χ1n) is 14.0. The highest BCUT2D eigenvalue weighted by Crippen LogP contribution is 2.46. The molecule has 4 fully saturated rings. The molecule has 2 aliphatic carbocycles. The van der Waals surface area contributed by atoms with Gasteiger partial charge >= 0.3 is 5.69 Å². The summed E-state index contributed by atoms with van der Waals surface area (Å²) in [7, 11) is 0. The van der Waals surface area contributed by atoms with Gasteiger partial charge in [-0.3, -0.25) is 23.6 Å². The van der Waals surface area contributed by atoms with Crippen LogP contribution in [0, 0.1) is 11.8 Å². The molecule has 3 heterocycles. The van der Waals surface area contributed by atoms with Crippen molar-refractivity contribution in [1.29, 1.82) is 0 Å². The van der Waals surface area contributed by atoms with E-state index in [1.54, 1.807) is 12.1 Å². The SMILES string of the molecule is CC(=O)Cn1c(=O)n([C@H]2C[C@H]3CCC[C@@H](C2)N3[C@@H]2C[C@@H]3CCCC[C@@H](C3)C2)c(=O)c2ccccc21. The van der Waals surface area contributed by atoms with Crippen molar-refractivity contribution in [2.45, 2.75) is 115 Å². The topological polar surface area (TPSA) is 64.3 Å². The summed E-state index contributed by atoms with van der Waals surface area (Å²) in [6, 6.07) is 8.75. The fourth-order valence-electron chi connectivity index (χ4n) is 8.34. The van der Waals surface area contributed by atoms with Crippen LogP contribution in [0.3, 0.4) is 0 Å². The predicted octanol–water partition coefficient (Wildman–Crippen LogP) is 4.67. The number of hydrogen-bond donors (Lipinski definition) is 0. The van der Waals surface area contributed by atoms with Gasteiger partial charge in [0.1, 0.15) is 5.78 Å². The van der Waals surface area contributed by atoms with Gasteiger partial charge in [0.2, 0.25) is 0 Å². The highest BCUT2D eigenvalue weighted by atomic mass is 16.2. The number of rotatable bonds is 4. The first-order valence-corrected chi connectivity index (χ1v) is 14.0. The van der Waals surface area contributed by atoms with Crippen molar-refractivity contribution in [1.82, 2.24) is 14.0 Å². The van der Waals surface area contributed by atoms with Crippen molar-refractivity contribution in [3.8, 4) is 0 Å². The Labute approximate surface area is 207 Å². The monoisotopic (exact) mass is 477 g/mol.